The lowest BCUT2D eigenvalue weighted by molar-refractivity contribution is -0.120. The first kappa shape index (κ1) is 16.6. The summed E-state index contributed by atoms with van der Waals surface area (Å²) < 4.78 is 0. The zero-order valence-electron chi connectivity index (χ0n) is 13.6. The predicted molar refractivity (Wildman–Crippen MR) is 95.5 cm³/mol. The second-order valence-electron chi connectivity index (χ2n) is 5.69. The van der Waals surface area contributed by atoms with Gasteiger partial charge in [0.15, 0.2) is 0 Å². The van der Waals surface area contributed by atoms with Gasteiger partial charge in [0.25, 0.3) is 5.91 Å². The standard InChI is InChI=1S/C19H19N3O3/c23-15-6-7-16-14(11-21-17(16)10-15)8-9-20-18(24)12-22-19(25)13-4-2-1-3-5-13/h1-7,10-11,21,23H,8-9,12H2,(H,20,24)(H,22,25). The Hall–Kier alpha value is -3.28. The molecule has 0 aliphatic rings. The van der Waals surface area contributed by atoms with Crippen molar-refractivity contribution in [3.8, 4) is 5.75 Å². The molecule has 6 heteroatoms. The molecule has 1 heterocycles. The number of aromatic amines is 1. The molecule has 0 atom stereocenters. The number of carbonyl (C=O) groups excluding carboxylic acids is 2. The number of hydrogen-bond donors (Lipinski definition) is 4. The van der Waals surface area contributed by atoms with E-state index in [1.54, 1.807) is 36.4 Å². The number of aromatic nitrogens is 1. The number of benzene rings is 2. The zero-order valence-corrected chi connectivity index (χ0v) is 13.6. The molecule has 0 aliphatic heterocycles. The third-order valence-electron chi connectivity index (χ3n) is 3.91. The minimum absolute atomic E-state index is 0.0600. The molecule has 128 valence electrons. The van der Waals surface area contributed by atoms with Crippen LogP contribution in [0, 0.1) is 0 Å². The topological polar surface area (TPSA) is 94.2 Å². The molecule has 0 radical (unpaired) electrons. The lowest BCUT2D eigenvalue weighted by Gasteiger charge is -2.07. The predicted octanol–water partition coefficient (Wildman–Crippen LogP) is 1.96. The molecule has 2 amide bonds. The Balaban J connectivity index is 1.45. The monoisotopic (exact) mass is 337 g/mol. The molecule has 0 saturated carbocycles. The fraction of sp³-hybridized carbons (Fsp3) is 0.158. The fourth-order valence-electron chi connectivity index (χ4n) is 2.63. The van der Waals surface area contributed by atoms with Gasteiger partial charge in [0.05, 0.1) is 6.54 Å². The van der Waals surface area contributed by atoms with E-state index >= 15 is 0 Å². The van der Waals surface area contributed by atoms with Crippen LogP contribution < -0.4 is 10.6 Å². The van der Waals surface area contributed by atoms with Crippen molar-refractivity contribution in [3.63, 3.8) is 0 Å². The number of rotatable bonds is 6. The molecular formula is C19H19N3O3. The van der Waals surface area contributed by atoms with Crippen molar-refractivity contribution >= 4 is 22.7 Å². The Morgan fingerprint density at radius 1 is 1.04 bits per heavy atom. The highest BCUT2D eigenvalue weighted by atomic mass is 16.3. The smallest absolute Gasteiger partial charge is 0.251 e. The number of H-pyrrole nitrogens is 1. The first-order valence-corrected chi connectivity index (χ1v) is 8.02. The molecule has 0 aliphatic carbocycles. The van der Waals surface area contributed by atoms with Crippen LogP contribution >= 0.6 is 0 Å². The van der Waals surface area contributed by atoms with Crippen LogP contribution in [0.3, 0.4) is 0 Å². The first-order chi connectivity index (χ1) is 12.1. The molecule has 6 nitrogen and oxygen atoms in total. The Kier molecular flexibility index (Phi) is 4.99. The van der Waals surface area contributed by atoms with Gasteiger partial charge in [-0.25, -0.2) is 0 Å². The molecule has 0 saturated heterocycles. The van der Waals surface area contributed by atoms with Crippen molar-refractivity contribution in [2.24, 2.45) is 0 Å². The van der Waals surface area contributed by atoms with Crippen LogP contribution in [0.2, 0.25) is 0 Å². The first-order valence-electron chi connectivity index (χ1n) is 8.02. The summed E-state index contributed by atoms with van der Waals surface area (Å²) in [6.45, 7) is 0.406. The summed E-state index contributed by atoms with van der Waals surface area (Å²) in [4.78, 5) is 26.8. The third-order valence-corrected chi connectivity index (χ3v) is 3.91. The van der Waals surface area contributed by atoms with Crippen LogP contribution in [-0.4, -0.2) is 35.0 Å². The van der Waals surface area contributed by atoms with E-state index < -0.39 is 0 Å². The van der Waals surface area contributed by atoms with E-state index in [0.29, 0.717) is 18.5 Å². The molecule has 0 unspecified atom stereocenters. The molecule has 0 spiro atoms. The Bertz CT molecular complexity index is 887. The van der Waals surface area contributed by atoms with E-state index in [1.165, 1.54) is 0 Å². The summed E-state index contributed by atoms with van der Waals surface area (Å²) in [5.74, 6) is -0.294. The van der Waals surface area contributed by atoms with Gasteiger partial charge >= 0.3 is 0 Å². The number of carbonyl (C=O) groups is 2. The average Bonchev–Trinajstić information content (AvgIpc) is 3.02. The van der Waals surface area contributed by atoms with Crippen molar-refractivity contribution in [3.05, 3.63) is 65.9 Å². The van der Waals surface area contributed by atoms with Crippen LogP contribution in [0.5, 0.6) is 5.75 Å². The van der Waals surface area contributed by atoms with Gasteiger partial charge in [0.2, 0.25) is 5.91 Å². The van der Waals surface area contributed by atoms with Gasteiger partial charge in [-0.3, -0.25) is 9.59 Å². The molecule has 2 aromatic carbocycles. The summed E-state index contributed by atoms with van der Waals surface area (Å²) in [6, 6.07) is 13.9. The van der Waals surface area contributed by atoms with Gasteiger partial charge in [-0.15, -0.1) is 0 Å². The number of hydrogen-bond acceptors (Lipinski definition) is 3. The van der Waals surface area contributed by atoms with Crippen molar-refractivity contribution in [1.82, 2.24) is 15.6 Å². The average molecular weight is 337 g/mol. The molecule has 0 fully saturated rings. The normalized spacial score (nSPS) is 10.6. The lowest BCUT2D eigenvalue weighted by Crippen LogP contribution is -2.37. The highest BCUT2D eigenvalue weighted by Gasteiger charge is 2.08. The summed E-state index contributed by atoms with van der Waals surface area (Å²) in [7, 11) is 0. The maximum Gasteiger partial charge on any atom is 0.251 e. The number of nitrogens with one attached hydrogen (secondary N) is 3. The van der Waals surface area contributed by atoms with E-state index in [-0.39, 0.29) is 24.1 Å². The van der Waals surface area contributed by atoms with Gasteiger partial charge in [-0.05, 0) is 36.2 Å². The number of phenols is 1. The molecule has 3 aromatic rings. The van der Waals surface area contributed by atoms with E-state index in [2.05, 4.69) is 15.6 Å². The van der Waals surface area contributed by atoms with E-state index in [1.807, 2.05) is 18.3 Å². The summed E-state index contributed by atoms with van der Waals surface area (Å²) >= 11 is 0. The van der Waals surface area contributed by atoms with E-state index in [4.69, 9.17) is 0 Å². The largest absolute Gasteiger partial charge is 0.508 e. The van der Waals surface area contributed by atoms with Gasteiger partial charge in [0, 0.05) is 35.3 Å². The van der Waals surface area contributed by atoms with E-state index in [0.717, 1.165) is 16.5 Å². The molecular weight excluding hydrogens is 318 g/mol. The molecule has 25 heavy (non-hydrogen) atoms. The van der Waals surface area contributed by atoms with Crippen LogP contribution in [0.15, 0.2) is 54.7 Å². The van der Waals surface area contributed by atoms with E-state index in [9.17, 15) is 14.7 Å². The fourth-order valence-corrected chi connectivity index (χ4v) is 2.63. The van der Waals surface area contributed by atoms with Crippen LogP contribution in [0.4, 0.5) is 0 Å². The Morgan fingerprint density at radius 2 is 1.84 bits per heavy atom. The minimum Gasteiger partial charge on any atom is -0.508 e. The lowest BCUT2D eigenvalue weighted by atomic mass is 10.1. The highest BCUT2D eigenvalue weighted by Crippen LogP contribution is 2.22. The summed E-state index contributed by atoms with van der Waals surface area (Å²) in [5.41, 5.74) is 2.44. The van der Waals surface area contributed by atoms with Gasteiger partial charge in [0.1, 0.15) is 5.75 Å². The van der Waals surface area contributed by atoms with Crippen molar-refractivity contribution in [2.45, 2.75) is 6.42 Å². The summed E-state index contributed by atoms with van der Waals surface area (Å²) in [6.07, 6.45) is 2.52. The maximum atomic E-state index is 11.9. The maximum absolute atomic E-state index is 11.9. The van der Waals surface area contributed by atoms with Crippen molar-refractivity contribution in [2.75, 3.05) is 13.1 Å². The zero-order chi connectivity index (χ0) is 17.6. The van der Waals surface area contributed by atoms with Gasteiger partial charge < -0.3 is 20.7 Å². The second kappa shape index (κ2) is 7.53. The summed E-state index contributed by atoms with van der Waals surface area (Å²) in [5, 5.41) is 15.9. The van der Waals surface area contributed by atoms with Crippen molar-refractivity contribution in [1.29, 1.82) is 0 Å². The second-order valence-corrected chi connectivity index (χ2v) is 5.69. The number of phenolic OH excluding ortho intramolecular Hbond substituents is 1. The number of aromatic hydroxyl groups is 1. The van der Waals surface area contributed by atoms with Crippen LogP contribution in [0.1, 0.15) is 15.9 Å². The molecule has 3 rings (SSSR count). The number of amides is 2. The minimum atomic E-state index is -0.271. The third kappa shape index (κ3) is 4.17. The molecule has 1 aromatic heterocycles. The van der Waals surface area contributed by atoms with Crippen LogP contribution in [0.25, 0.3) is 10.9 Å². The SMILES string of the molecule is O=C(CNC(=O)c1ccccc1)NCCc1c[nH]c2cc(O)ccc12. The van der Waals surface area contributed by atoms with Crippen molar-refractivity contribution < 1.29 is 14.7 Å². The number of fused-ring (bicyclic) bond motifs is 1. The molecule has 0 bridgehead atoms. The quantitative estimate of drug-likeness (QED) is 0.554. The van der Waals surface area contributed by atoms with Gasteiger partial charge in [-0.2, -0.15) is 0 Å². The highest BCUT2D eigenvalue weighted by molar-refractivity contribution is 5.96. The van der Waals surface area contributed by atoms with Crippen LogP contribution in [-0.2, 0) is 11.2 Å². The molecule has 4 N–H and O–H groups in total. The van der Waals surface area contributed by atoms with Gasteiger partial charge in [-0.1, -0.05) is 18.2 Å². The Morgan fingerprint density at radius 3 is 2.64 bits per heavy atom. The Labute approximate surface area is 144 Å².